The number of hydrogen-bond donors (Lipinski definition) is 3. The molecule has 0 saturated carbocycles. The monoisotopic (exact) mass is 538 g/mol. The third-order valence-corrected chi connectivity index (χ3v) is 6.71. The Balaban J connectivity index is 1.44. The molecule has 4 heterocycles. The van der Waals surface area contributed by atoms with Gasteiger partial charge in [0.05, 0.1) is 29.6 Å². The van der Waals surface area contributed by atoms with Gasteiger partial charge in [-0.15, -0.1) is 0 Å². The van der Waals surface area contributed by atoms with Crippen LogP contribution < -0.4 is 16.0 Å². The Labute approximate surface area is 231 Å². The highest BCUT2D eigenvalue weighted by Gasteiger charge is 2.18. The van der Waals surface area contributed by atoms with E-state index in [-0.39, 0.29) is 6.10 Å². The quantitative estimate of drug-likeness (QED) is 0.248. The Morgan fingerprint density at radius 2 is 2.05 bits per heavy atom. The number of allylic oxidation sites excluding steroid dienone is 2. The summed E-state index contributed by atoms with van der Waals surface area (Å²) in [5, 5.41) is 10.8. The number of anilines is 2. The average Bonchev–Trinajstić information content (AvgIpc) is 2.95. The normalized spacial score (nSPS) is 17.3. The van der Waals surface area contributed by atoms with Crippen molar-refractivity contribution in [3.05, 3.63) is 77.6 Å². The van der Waals surface area contributed by atoms with Crippen molar-refractivity contribution >= 4 is 28.8 Å². The van der Waals surface area contributed by atoms with Crippen LogP contribution in [0, 0.1) is 0 Å². The van der Waals surface area contributed by atoms with Crippen LogP contribution in [0.15, 0.2) is 66.8 Å². The van der Waals surface area contributed by atoms with Crippen molar-refractivity contribution in [2.75, 3.05) is 56.6 Å². The molecule has 0 bridgehead atoms. The molecule has 3 N–H and O–H groups in total. The van der Waals surface area contributed by atoms with E-state index in [1.54, 1.807) is 18.5 Å². The molecule has 2 aliphatic heterocycles. The summed E-state index contributed by atoms with van der Waals surface area (Å²) in [6.45, 7) is 12.4. The Morgan fingerprint density at radius 1 is 1.24 bits per heavy atom. The molecule has 0 aromatic carbocycles. The average molecular weight is 539 g/mol. The third-order valence-electron chi connectivity index (χ3n) is 6.49. The van der Waals surface area contributed by atoms with Gasteiger partial charge in [0.25, 0.3) is 0 Å². The summed E-state index contributed by atoms with van der Waals surface area (Å²) in [5.74, 6) is 1.67. The number of piperidine rings is 1. The molecule has 2 fully saturated rings. The van der Waals surface area contributed by atoms with E-state index in [9.17, 15) is 0 Å². The van der Waals surface area contributed by atoms with E-state index < -0.39 is 0 Å². The molecule has 0 amide bonds. The Kier molecular flexibility index (Phi) is 10.9. The van der Waals surface area contributed by atoms with Crippen LogP contribution in [0.3, 0.4) is 0 Å². The van der Waals surface area contributed by atoms with Crippen LogP contribution in [-0.2, 0) is 9.47 Å². The van der Waals surface area contributed by atoms with Gasteiger partial charge in [-0.1, -0.05) is 31.2 Å². The summed E-state index contributed by atoms with van der Waals surface area (Å²) < 4.78 is 12.2. The molecule has 8 nitrogen and oxygen atoms in total. The smallest absolute Gasteiger partial charge is 0.130 e. The second-order valence-corrected chi connectivity index (χ2v) is 9.79. The Hall–Kier alpha value is -3.07. The topological polar surface area (TPSA) is 83.6 Å². The van der Waals surface area contributed by atoms with Gasteiger partial charge in [-0.05, 0) is 62.7 Å². The maximum atomic E-state index is 6.58. The molecule has 0 spiro atoms. The predicted molar refractivity (Wildman–Crippen MR) is 155 cm³/mol. The van der Waals surface area contributed by atoms with E-state index in [0.29, 0.717) is 23.1 Å². The zero-order valence-corrected chi connectivity index (χ0v) is 23.0. The van der Waals surface area contributed by atoms with Crippen LogP contribution in [-0.4, -0.2) is 66.9 Å². The molecule has 2 aromatic rings. The summed E-state index contributed by atoms with van der Waals surface area (Å²) in [7, 11) is 0. The van der Waals surface area contributed by atoms with Crippen molar-refractivity contribution in [3.63, 3.8) is 0 Å². The lowest BCUT2D eigenvalue weighted by molar-refractivity contribution is 0.0538. The number of nitrogens with one attached hydrogen (secondary N) is 3. The minimum Gasteiger partial charge on any atom is -0.495 e. The van der Waals surface area contributed by atoms with E-state index in [2.05, 4.69) is 56.5 Å². The van der Waals surface area contributed by atoms with Crippen LogP contribution in [0.4, 0.5) is 11.5 Å². The molecule has 38 heavy (non-hydrogen) atoms. The Bertz CT molecular complexity index is 1090. The zero-order valence-electron chi connectivity index (χ0n) is 22.2. The molecule has 4 rings (SSSR count). The highest BCUT2D eigenvalue weighted by molar-refractivity contribution is 6.30. The molecule has 0 radical (unpaired) electrons. The van der Waals surface area contributed by atoms with Gasteiger partial charge < -0.3 is 30.3 Å². The molecule has 2 aromatic heterocycles. The minimum atomic E-state index is 0.236. The first-order valence-electron chi connectivity index (χ1n) is 13.5. The van der Waals surface area contributed by atoms with Crippen molar-refractivity contribution < 1.29 is 9.47 Å². The van der Waals surface area contributed by atoms with Gasteiger partial charge in [-0.3, -0.25) is 4.98 Å². The van der Waals surface area contributed by atoms with Crippen LogP contribution in [0.1, 0.15) is 38.3 Å². The van der Waals surface area contributed by atoms with Gasteiger partial charge in [0.1, 0.15) is 23.4 Å². The standard InChI is InChI=1S/C29H39ClN6O2/c1-3-5-24(36-16-18-37-19-17-36)20-26(38-25-9-13-31-14-10-25)11-15-32-27-6-4-12-33-29(27)22(2)35-28-8-7-23(30)21-34-28/h4-8,12,20-21,25,31-32H,2-3,9-11,13-19H2,1H3,(H,34,35)/b24-5+,26-20+. The van der Waals surface area contributed by atoms with E-state index >= 15 is 0 Å². The molecule has 204 valence electrons. The lowest BCUT2D eigenvalue weighted by atomic mass is 10.1. The van der Waals surface area contributed by atoms with Crippen LogP contribution >= 0.6 is 11.6 Å². The molecule has 0 aliphatic carbocycles. The first-order chi connectivity index (χ1) is 18.6. The van der Waals surface area contributed by atoms with Crippen molar-refractivity contribution in [2.24, 2.45) is 0 Å². The number of rotatable bonds is 12. The van der Waals surface area contributed by atoms with E-state index in [1.807, 2.05) is 18.2 Å². The zero-order chi connectivity index (χ0) is 26.6. The molecule has 2 saturated heterocycles. The van der Waals surface area contributed by atoms with Gasteiger partial charge in [0, 0.05) is 44.1 Å². The number of ether oxygens (including phenoxy) is 2. The van der Waals surface area contributed by atoms with Gasteiger partial charge in [0.15, 0.2) is 0 Å². The van der Waals surface area contributed by atoms with Crippen LogP contribution in [0.25, 0.3) is 5.70 Å². The predicted octanol–water partition coefficient (Wildman–Crippen LogP) is 5.29. The molecule has 2 aliphatic rings. The fourth-order valence-corrected chi connectivity index (χ4v) is 4.65. The number of hydrogen-bond acceptors (Lipinski definition) is 8. The summed E-state index contributed by atoms with van der Waals surface area (Å²) >= 11 is 5.96. The lowest BCUT2D eigenvalue weighted by Gasteiger charge is -2.31. The van der Waals surface area contributed by atoms with Crippen LogP contribution in [0.5, 0.6) is 0 Å². The van der Waals surface area contributed by atoms with E-state index in [0.717, 1.165) is 82.2 Å². The largest absolute Gasteiger partial charge is 0.495 e. The summed E-state index contributed by atoms with van der Waals surface area (Å²) in [5.41, 5.74) is 3.52. The SMILES string of the molecule is C=C(Nc1ccc(Cl)cn1)c1ncccc1NCC/C(=C\C(=C/CC)N1CCOCC1)OC1CCNCC1. The minimum absolute atomic E-state index is 0.236. The number of pyridine rings is 2. The Morgan fingerprint density at radius 3 is 2.79 bits per heavy atom. The van der Waals surface area contributed by atoms with Gasteiger partial charge in [0.2, 0.25) is 0 Å². The molecular formula is C29H39ClN6O2. The van der Waals surface area contributed by atoms with Crippen molar-refractivity contribution in [1.82, 2.24) is 20.2 Å². The first-order valence-corrected chi connectivity index (χ1v) is 13.9. The van der Waals surface area contributed by atoms with Crippen molar-refractivity contribution in [1.29, 1.82) is 0 Å². The summed E-state index contributed by atoms with van der Waals surface area (Å²) in [6.07, 6.45) is 11.9. The molecule has 9 heteroatoms. The first kappa shape index (κ1) is 28.0. The van der Waals surface area contributed by atoms with E-state index in [4.69, 9.17) is 21.1 Å². The lowest BCUT2D eigenvalue weighted by Crippen LogP contribution is -2.35. The van der Waals surface area contributed by atoms with Crippen molar-refractivity contribution in [2.45, 2.75) is 38.7 Å². The molecule has 0 unspecified atom stereocenters. The maximum absolute atomic E-state index is 6.58. The van der Waals surface area contributed by atoms with Gasteiger partial charge in [-0.2, -0.15) is 0 Å². The highest BCUT2D eigenvalue weighted by Crippen LogP contribution is 2.24. The second-order valence-electron chi connectivity index (χ2n) is 9.36. The van der Waals surface area contributed by atoms with E-state index in [1.165, 1.54) is 5.70 Å². The number of halogens is 1. The third kappa shape index (κ3) is 8.48. The summed E-state index contributed by atoms with van der Waals surface area (Å²) in [4.78, 5) is 11.3. The second kappa shape index (κ2) is 14.8. The molecular weight excluding hydrogens is 500 g/mol. The van der Waals surface area contributed by atoms with Gasteiger partial charge in [-0.25, -0.2) is 4.98 Å². The summed E-state index contributed by atoms with van der Waals surface area (Å²) in [6, 6.07) is 7.53. The maximum Gasteiger partial charge on any atom is 0.130 e. The fraction of sp³-hybridized carbons (Fsp3) is 0.448. The number of aromatic nitrogens is 2. The fourth-order valence-electron chi connectivity index (χ4n) is 4.54. The highest BCUT2D eigenvalue weighted by atomic mass is 35.5. The number of morpholine rings is 1. The van der Waals surface area contributed by atoms with Crippen LogP contribution in [0.2, 0.25) is 5.02 Å². The van der Waals surface area contributed by atoms with Crippen molar-refractivity contribution in [3.8, 4) is 0 Å². The van der Waals surface area contributed by atoms with Gasteiger partial charge >= 0.3 is 0 Å². The molecule has 0 atom stereocenters. The number of nitrogens with zero attached hydrogens (tertiary/aromatic N) is 3.